The van der Waals surface area contributed by atoms with Crippen molar-refractivity contribution in [3.05, 3.63) is 47.6 Å². The lowest BCUT2D eigenvalue weighted by molar-refractivity contribution is -0.231. The predicted octanol–water partition coefficient (Wildman–Crippen LogP) is 6.18. The fourth-order valence-corrected chi connectivity index (χ4v) is 10.1. The number of ether oxygens (including phenoxy) is 5. The summed E-state index contributed by atoms with van der Waals surface area (Å²) in [4.78, 5) is 72.1. The summed E-state index contributed by atoms with van der Waals surface area (Å²) in [6.45, 7) is 12.7. The van der Waals surface area contributed by atoms with Crippen LogP contribution in [0.5, 0.6) is 0 Å². The number of rotatable bonds is 6. The lowest BCUT2D eigenvalue weighted by Gasteiger charge is -2.40. The van der Waals surface area contributed by atoms with Crippen LogP contribution in [0.25, 0.3) is 0 Å². The van der Waals surface area contributed by atoms with Crippen molar-refractivity contribution in [3.8, 4) is 0 Å². The number of cyclic esters (lactones) is 1. The fourth-order valence-electron chi connectivity index (χ4n) is 10.1. The number of Topliss-reactive ketones (excluding diaryl/α,β-unsaturated/α-hetero) is 3. The Morgan fingerprint density at radius 1 is 0.846 bits per heavy atom. The average Bonchev–Trinajstić information content (AvgIpc) is 3.39. The first-order valence-corrected chi connectivity index (χ1v) is 23.9. The molecule has 2 bridgehead atoms. The van der Waals surface area contributed by atoms with Crippen molar-refractivity contribution in [2.24, 2.45) is 35.5 Å². The minimum Gasteiger partial charge on any atom is -0.460 e. The van der Waals surface area contributed by atoms with Gasteiger partial charge < -0.3 is 43.9 Å². The summed E-state index contributed by atoms with van der Waals surface area (Å²) in [6.07, 6.45) is 10.7. The molecule has 65 heavy (non-hydrogen) atoms. The number of allylic oxidation sites excluding steroid dienone is 6. The number of fused-ring (bicyclic) bond motifs is 3. The van der Waals surface area contributed by atoms with Gasteiger partial charge >= 0.3 is 11.8 Å². The minimum absolute atomic E-state index is 0.0174. The van der Waals surface area contributed by atoms with Gasteiger partial charge in [-0.3, -0.25) is 19.2 Å². The standard InChI is InChI=1S/C51H79NO13/c1-30-16-12-11-13-17-31(2)42(61-8)28-38-21-19-32(3)48(57)51(60,65-38)50(59)52-23-15-14-18-39(52)49(58)64-43(34(5)26-37-20-22-40(53)44(27-37)62-9)29-41(54)33(4)25-36(7)46(56)47(63-10)45(55)35(6)24-30/h11-13,16-17,25,30,32,34-40,42-44,46-47,53,56,60H,14-15,18-24,26-29H2,1-10H3/t30-,32-,34-,35-,36?,37+,38+,39+,40-,42+,43+,44-,46-,47+,51?/m1/s1. The van der Waals surface area contributed by atoms with E-state index in [1.165, 1.54) is 12.0 Å². The third-order valence-corrected chi connectivity index (χ3v) is 14.4. The molecule has 0 aromatic rings. The van der Waals surface area contributed by atoms with Crippen molar-refractivity contribution in [2.45, 2.75) is 180 Å². The largest absolute Gasteiger partial charge is 0.460 e. The molecule has 2 saturated heterocycles. The first-order chi connectivity index (χ1) is 30.7. The minimum atomic E-state index is -2.85. The Bertz CT molecular complexity index is 1760. The van der Waals surface area contributed by atoms with Crippen LogP contribution < -0.4 is 0 Å². The highest BCUT2D eigenvalue weighted by Crippen LogP contribution is 2.36. The molecule has 14 nitrogen and oxygen atoms in total. The summed E-state index contributed by atoms with van der Waals surface area (Å²) in [7, 11) is 4.51. The second-order valence-corrected chi connectivity index (χ2v) is 19.6. The van der Waals surface area contributed by atoms with Gasteiger partial charge in [0.25, 0.3) is 5.91 Å². The summed E-state index contributed by atoms with van der Waals surface area (Å²) >= 11 is 0. The number of amides is 1. The molecule has 1 saturated carbocycles. The molecule has 4 aliphatic rings. The summed E-state index contributed by atoms with van der Waals surface area (Å²) in [6, 6.07) is -1.16. The smallest absolute Gasteiger partial charge is 0.329 e. The summed E-state index contributed by atoms with van der Waals surface area (Å²) in [5.41, 5.74) is 1.16. The van der Waals surface area contributed by atoms with E-state index < -0.39 is 83.9 Å². The van der Waals surface area contributed by atoms with Crippen LogP contribution in [0.2, 0.25) is 0 Å². The number of piperidine rings is 1. The van der Waals surface area contributed by atoms with Gasteiger partial charge in [0.2, 0.25) is 5.78 Å². The highest BCUT2D eigenvalue weighted by Gasteiger charge is 2.55. The van der Waals surface area contributed by atoms with E-state index in [-0.39, 0.29) is 61.2 Å². The molecule has 3 N–H and O–H groups in total. The predicted molar refractivity (Wildman–Crippen MR) is 245 cm³/mol. The maximum Gasteiger partial charge on any atom is 0.329 e. The van der Waals surface area contributed by atoms with Gasteiger partial charge in [0.15, 0.2) is 11.6 Å². The maximum atomic E-state index is 14.6. The van der Waals surface area contributed by atoms with Gasteiger partial charge in [-0.15, -0.1) is 0 Å². The van der Waals surface area contributed by atoms with Crippen molar-refractivity contribution in [2.75, 3.05) is 27.9 Å². The Hall–Kier alpha value is -3.37. The van der Waals surface area contributed by atoms with E-state index in [9.17, 15) is 39.3 Å². The third-order valence-electron chi connectivity index (χ3n) is 14.4. The number of hydrogen-bond donors (Lipinski definition) is 3. The molecular formula is C51H79NO13. The van der Waals surface area contributed by atoms with Crippen molar-refractivity contribution in [1.82, 2.24) is 4.90 Å². The Morgan fingerprint density at radius 2 is 1.57 bits per heavy atom. The molecule has 3 aliphatic heterocycles. The van der Waals surface area contributed by atoms with Gasteiger partial charge in [0.05, 0.1) is 30.5 Å². The first kappa shape index (κ1) is 54.2. The number of aliphatic hydroxyl groups excluding tert-OH is 2. The number of methoxy groups -OCH3 is 3. The van der Waals surface area contributed by atoms with Crippen molar-refractivity contribution in [3.63, 3.8) is 0 Å². The molecule has 0 aromatic heterocycles. The van der Waals surface area contributed by atoms with E-state index in [0.717, 1.165) is 12.0 Å². The molecule has 1 aliphatic carbocycles. The number of aliphatic hydroxyl groups is 3. The average molecular weight is 914 g/mol. The zero-order valence-corrected chi connectivity index (χ0v) is 40.6. The van der Waals surface area contributed by atoms with Gasteiger partial charge in [-0.25, -0.2) is 4.79 Å². The van der Waals surface area contributed by atoms with Crippen molar-refractivity contribution < 1.29 is 63.0 Å². The molecule has 4 rings (SSSR count). The molecule has 2 unspecified atom stereocenters. The molecule has 3 heterocycles. The van der Waals surface area contributed by atoms with Crippen LogP contribution in [0.1, 0.15) is 126 Å². The number of hydrogen-bond acceptors (Lipinski definition) is 13. The number of esters is 1. The van der Waals surface area contributed by atoms with Gasteiger partial charge in [-0.05, 0) is 107 Å². The van der Waals surface area contributed by atoms with Gasteiger partial charge in [-0.1, -0.05) is 71.1 Å². The lowest BCUT2D eigenvalue weighted by Crippen LogP contribution is -2.62. The van der Waals surface area contributed by atoms with E-state index in [0.29, 0.717) is 56.9 Å². The highest BCUT2D eigenvalue weighted by molar-refractivity contribution is 6.09. The molecule has 3 fully saturated rings. The molecule has 366 valence electrons. The lowest BCUT2D eigenvalue weighted by atomic mass is 9.78. The molecule has 14 heteroatoms. The fraction of sp³-hybridized carbons (Fsp3) is 0.745. The van der Waals surface area contributed by atoms with Crippen molar-refractivity contribution in [1.29, 1.82) is 0 Å². The number of ketones is 3. The zero-order chi connectivity index (χ0) is 48.2. The molecule has 0 spiro atoms. The summed E-state index contributed by atoms with van der Waals surface area (Å²) < 4.78 is 29.5. The normalized spacial score (nSPS) is 37.8. The first-order valence-electron chi connectivity index (χ1n) is 23.9. The Labute approximate surface area is 387 Å². The second kappa shape index (κ2) is 25.1. The quantitative estimate of drug-likeness (QED) is 0.202. The molecule has 15 atom stereocenters. The van der Waals surface area contributed by atoms with Crippen LogP contribution in [0, 0.1) is 35.5 Å². The van der Waals surface area contributed by atoms with Crippen LogP contribution in [-0.2, 0) is 47.7 Å². The number of carbonyl (C=O) groups is 5. The topological polar surface area (TPSA) is 195 Å². The van der Waals surface area contributed by atoms with Crippen LogP contribution >= 0.6 is 0 Å². The van der Waals surface area contributed by atoms with E-state index in [2.05, 4.69) is 0 Å². The summed E-state index contributed by atoms with van der Waals surface area (Å²) in [5, 5.41) is 34.1. The molecule has 0 aromatic carbocycles. The molecule has 1 amide bonds. The zero-order valence-electron chi connectivity index (χ0n) is 40.6. The van der Waals surface area contributed by atoms with Crippen molar-refractivity contribution >= 4 is 29.2 Å². The van der Waals surface area contributed by atoms with E-state index in [1.807, 2.05) is 58.1 Å². The molecule has 0 radical (unpaired) electrons. The van der Waals surface area contributed by atoms with E-state index in [1.54, 1.807) is 41.1 Å². The number of nitrogens with zero attached hydrogens (tertiary/aromatic N) is 1. The van der Waals surface area contributed by atoms with Crippen LogP contribution in [-0.4, -0.2) is 132 Å². The van der Waals surface area contributed by atoms with Crippen LogP contribution in [0.3, 0.4) is 0 Å². The highest BCUT2D eigenvalue weighted by atomic mass is 16.6. The monoisotopic (exact) mass is 914 g/mol. The Morgan fingerprint density at radius 3 is 2.25 bits per heavy atom. The third kappa shape index (κ3) is 14.3. The van der Waals surface area contributed by atoms with Gasteiger partial charge in [0.1, 0.15) is 18.2 Å². The second-order valence-electron chi connectivity index (χ2n) is 19.6. The van der Waals surface area contributed by atoms with Gasteiger partial charge in [-0.2, -0.15) is 0 Å². The van der Waals surface area contributed by atoms with Gasteiger partial charge in [0, 0.05) is 58.5 Å². The number of carbonyl (C=O) groups excluding carboxylic acids is 5. The van der Waals surface area contributed by atoms with E-state index >= 15 is 0 Å². The SMILES string of the molecule is CO[C@H]1C[C@@H]2CC[C@@H](C)C(=O)C(O)(O2)C(=O)N2CCCC[C@H]2C(=O)O[C@H]([C@H](C)C[C@@H]2CC[C@@H](O)[C@H](OC)C2)CC(=O)C(C)=CC(C)[C@@H](O)[C@@H](OC)C(=O)[C@H](C)C[C@H](C)C=CC=CC=C1C. The maximum absolute atomic E-state index is 14.6. The van der Waals surface area contributed by atoms with Crippen LogP contribution in [0.4, 0.5) is 0 Å². The molecular weight excluding hydrogens is 835 g/mol. The summed E-state index contributed by atoms with van der Waals surface area (Å²) in [5.74, 6) is -7.99. The van der Waals surface area contributed by atoms with Crippen LogP contribution in [0.15, 0.2) is 47.6 Å². The Kier molecular flexibility index (Phi) is 21.0. The van der Waals surface area contributed by atoms with E-state index in [4.69, 9.17) is 23.7 Å². The Balaban J connectivity index is 1.74.